The average Bonchev–Trinajstić information content (AvgIpc) is 2.84. The minimum absolute atomic E-state index is 0.0395. The van der Waals surface area contributed by atoms with Crippen LogP contribution >= 0.6 is 23.5 Å². The van der Waals surface area contributed by atoms with Gasteiger partial charge in [-0.25, -0.2) is 18.5 Å². The molecule has 0 amide bonds. The molecule has 1 aromatic rings. The quantitative estimate of drug-likeness (QED) is 0.249. The van der Waals surface area contributed by atoms with Gasteiger partial charge in [0.15, 0.2) is 0 Å². The summed E-state index contributed by atoms with van der Waals surface area (Å²) >= 11 is 0. The Morgan fingerprint density at radius 2 is 1.86 bits per heavy atom. The Labute approximate surface area is 162 Å². The molecule has 166 valence electrons. The highest BCUT2D eigenvalue weighted by atomic mass is 31.3. The Morgan fingerprint density at radius 1 is 1.24 bits per heavy atom. The van der Waals surface area contributed by atoms with Gasteiger partial charge < -0.3 is 35.2 Å². The van der Waals surface area contributed by atoms with Gasteiger partial charge in [-0.1, -0.05) is 0 Å². The van der Waals surface area contributed by atoms with Crippen molar-refractivity contribution in [2.45, 2.75) is 37.9 Å². The molecule has 0 aromatic carbocycles. The number of aliphatic hydroxyl groups is 1. The summed E-state index contributed by atoms with van der Waals surface area (Å²) in [6.45, 7) is 1.14. The van der Waals surface area contributed by atoms with E-state index in [2.05, 4.69) is 18.1 Å². The highest BCUT2D eigenvalue weighted by Gasteiger charge is 2.45. The maximum atomic E-state index is 11.9. The molecule has 6 atom stereocenters. The molecule has 0 aliphatic carbocycles. The third-order valence-corrected chi connectivity index (χ3v) is 7.40. The molecule has 1 aromatic heterocycles. The van der Waals surface area contributed by atoms with Crippen LogP contribution in [0, 0.1) is 0 Å². The Bertz CT molecular complexity index is 946. The molecule has 1 aliphatic heterocycles. The Hall–Kier alpha value is -0.990. The molecule has 29 heavy (non-hydrogen) atoms. The number of hydrogen-bond donors (Lipinski definition) is 6. The second-order valence-corrected chi connectivity index (χ2v) is 10.2. The van der Waals surface area contributed by atoms with E-state index < -0.39 is 53.7 Å². The van der Waals surface area contributed by atoms with Crippen molar-refractivity contribution < 1.29 is 56.3 Å². The first kappa shape index (κ1) is 24.3. The van der Waals surface area contributed by atoms with Gasteiger partial charge in [0.2, 0.25) is 0 Å². The molecule has 1 aliphatic rings. The number of phosphoric acid groups is 3. The molecule has 2 heterocycles. The highest BCUT2D eigenvalue weighted by molar-refractivity contribution is 7.66. The molecule has 1 fully saturated rings. The summed E-state index contributed by atoms with van der Waals surface area (Å²) < 4.78 is 52.0. The summed E-state index contributed by atoms with van der Waals surface area (Å²) in [5, 5.41) is 10.1. The summed E-state index contributed by atoms with van der Waals surface area (Å²) in [6.07, 6.45) is -3.94. The molecule has 0 saturated carbocycles. The summed E-state index contributed by atoms with van der Waals surface area (Å²) in [5.41, 5.74) is 4.60. The number of nitrogen functional groups attached to an aromatic ring is 1. The van der Waals surface area contributed by atoms with E-state index in [1.165, 1.54) is 12.3 Å². The maximum absolute atomic E-state index is 11.9. The molecule has 3 unspecified atom stereocenters. The van der Waals surface area contributed by atoms with Crippen LogP contribution in [0.3, 0.4) is 0 Å². The number of nitrogens with two attached hydrogens (primary N) is 1. The van der Waals surface area contributed by atoms with Gasteiger partial charge in [0.05, 0.1) is 12.2 Å². The molecular weight excluding hydrogens is 463 g/mol. The van der Waals surface area contributed by atoms with Crippen molar-refractivity contribution in [1.82, 2.24) is 9.55 Å². The largest absolute Gasteiger partial charge is 0.490 e. The zero-order valence-electron chi connectivity index (χ0n) is 14.5. The predicted octanol–water partition coefficient (Wildman–Crippen LogP) is -0.794. The van der Waals surface area contributed by atoms with Crippen molar-refractivity contribution in [2.75, 3.05) is 5.73 Å². The first-order valence-electron chi connectivity index (χ1n) is 7.59. The van der Waals surface area contributed by atoms with Gasteiger partial charge in [-0.3, -0.25) is 9.09 Å². The topological polar surface area (TPSA) is 250 Å². The highest BCUT2D eigenvalue weighted by Crippen LogP contribution is 2.66. The zero-order valence-corrected chi connectivity index (χ0v) is 17.2. The number of nitrogens with zero attached hydrogens (tertiary/aromatic N) is 2. The lowest BCUT2D eigenvalue weighted by atomic mass is 10.1. The van der Waals surface area contributed by atoms with Gasteiger partial charge >= 0.3 is 29.2 Å². The first-order valence-corrected chi connectivity index (χ1v) is 12.1. The Balaban J connectivity index is 2.07. The summed E-state index contributed by atoms with van der Waals surface area (Å²) in [7, 11) is -16.6. The van der Waals surface area contributed by atoms with Crippen molar-refractivity contribution in [3.8, 4) is 0 Å². The fraction of sp³-hybridized carbons (Fsp3) is 0.600. The standard InChI is InChI=1S/C10H18N3O13P3/c1-5(24-28(19,20)26-29(21,22)25-27(16,17)18)9-6(14)4-8(23-9)13-3-2-7(11)12-10(13)15/h2-3,5-6,8-9,14H,4H2,1H3,(H,19,20)(H,21,22)(H2,11,12,15)(H2,16,17,18)/t5?,6-,8+,9+/m0/s1. The molecule has 0 spiro atoms. The van der Waals surface area contributed by atoms with Gasteiger partial charge in [0, 0.05) is 12.6 Å². The van der Waals surface area contributed by atoms with E-state index in [-0.39, 0.29) is 12.2 Å². The molecule has 0 bridgehead atoms. The summed E-state index contributed by atoms with van der Waals surface area (Å²) in [4.78, 5) is 51.0. The number of hydrogen-bond acceptors (Lipinski definition) is 11. The van der Waals surface area contributed by atoms with Crippen LogP contribution in [0.1, 0.15) is 19.6 Å². The number of aromatic nitrogens is 2. The fourth-order valence-electron chi connectivity index (χ4n) is 2.49. The molecule has 2 rings (SSSR count). The van der Waals surface area contributed by atoms with Crippen LogP contribution in [0.15, 0.2) is 17.1 Å². The number of anilines is 1. The van der Waals surface area contributed by atoms with Gasteiger partial charge in [0.25, 0.3) is 0 Å². The van der Waals surface area contributed by atoms with Crippen molar-refractivity contribution in [3.05, 3.63) is 22.7 Å². The molecular formula is C10H18N3O13P3. The lowest BCUT2D eigenvalue weighted by Crippen LogP contribution is -2.34. The Kier molecular flexibility index (Phi) is 7.23. The number of ether oxygens (including phenoxy) is 1. The normalized spacial score (nSPS) is 27.9. The zero-order chi connectivity index (χ0) is 22.2. The minimum atomic E-state index is -5.68. The van der Waals surface area contributed by atoms with Gasteiger partial charge in [-0.2, -0.15) is 13.6 Å². The molecule has 1 saturated heterocycles. The van der Waals surface area contributed by atoms with E-state index in [4.69, 9.17) is 25.2 Å². The van der Waals surface area contributed by atoms with E-state index in [9.17, 15) is 28.5 Å². The predicted molar refractivity (Wildman–Crippen MR) is 91.9 cm³/mol. The summed E-state index contributed by atoms with van der Waals surface area (Å²) in [6, 6.07) is 1.31. The van der Waals surface area contributed by atoms with Gasteiger partial charge in [-0.15, -0.1) is 0 Å². The van der Waals surface area contributed by atoms with Crippen LogP contribution in [0.4, 0.5) is 5.82 Å². The van der Waals surface area contributed by atoms with E-state index in [1.807, 2.05) is 0 Å². The van der Waals surface area contributed by atoms with E-state index in [0.29, 0.717) is 0 Å². The summed E-state index contributed by atoms with van der Waals surface area (Å²) in [5.74, 6) is -0.0395. The molecule has 16 nitrogen and oxygen atoms in total. The maximum Gasteiger partial charge on any atom is 0.490 e. The molecule has 0 radical (unpaired) electrons. The van der Waals surface area contributed by atoms with Crippen LogP contribution in [0.25, 0.3) is 0 Å². The van der Waals surface area contributed by atoms with Crippen molar-refractivity contribution in [2.24, 2.45) is 0 Å². The third-order valence-electron chi connectivity index (χ3n) is 3.48. The Morgan fingerprint density at radius 3 is 2.41 bits per heavy atom. The van der Waals surface area contributed by atoms with Crippen LogP contribution in [-0.4, -0.2) is 52.5 Å². The van der Waals surface area contributed by atoms with Crippen molar-refractivity contribution in [3.63, 3.8) is 0 Å². The van der Waals surface area contributed by atoms with Crippen LogP contribution in [0.2, 0.25) is 0 Å². The minimum Gasteiger partial charge on any atom is -0.390 e. The van der Waals surface area contributed by atoms with Crippen molar-refractivity contribution in [1.29, 1.82) is 0 Å². The second-order valence-electron chi connectivity index (χ2n) is 5.80. The SMILES string of the molecule is CC(OP(=O)(O)OP(=O)(O)OP(=O)(O)O)[C@H]1O[C@@H](n2ccc(N)nc2=O)C[C@@H]1O. The second kappa shape index (κ2) is 8.63. The van der Waals surface area contributed by atoms with Crippen LogP contribution in [-0.2, 0) is 31.6 Å². The lowest BCUT2D eigenvalue weighted by Gasteiger charge is -2.25. The number of aliphatic hydroxyl groups excluding tert-OH is 1. The van der Waals surface area contributed by atoms with Gasteiger partial charge in [-0.05, 0) is 13.0 Å². The lowest BCUT2D eigenvalue weighted by molar-refractivity contribution is -0.0746. The monoisotopic (exact) mass is 481 g/mol. The van der Waals surface area contributed by atoms with E-state index >= 15 is 0 Å². The van der Waals surface area contributed by atoms with Crippen LogP contribution in [0.5, 0.6) is 0 Å². The smallest absolute Gasteiger partial charge is 0.390 e. The number of phosphoric ester groups is 1. The van der Waals surface area contributed by atoms with Crippen molar-refractivity contribution >= 4 is 29.3 Å². The molecule has 19 heteroatoms. The first-order chi connectivity index (χ1) is 13.1. The fourth-order valence-corrected chi connectivity index (χ4v) is 5.69. The van der Waals surface area contributed by atoms with E-state index in [1.54, 1.807) is 0 Å². The van der Waals surface area contributed by atoms with Gasteiger partial charge in [0.1, 0.15) is 18.1 Å². The average molecular weight is 481 g/mol. The third kappa shape index (κ3) is 7.03. The van der Waals surface area contributed by atoms with Crippen LogP contribution < -0.4 is 11.4 Å². The molecule has 7 N–H and O–H groups in total. The van der Waals surface area contributed by atoms with E-state index in [0.717, 1.165) is 11.5 Å². The number of rotatable bonds is 8.